The summed E-state index contributed by atoms with van der Waals surface area (Å²) in [4.78, 5) is 14.6. The van der Waals surface area contributed by atoms with Crippen LogP contribution < -0.4 is 10.2 Å². The van der Waals surface area contributed by atoms with Crippen molar-refractivity contribution in [2.24, 2.45) is 11.8 Å². The number of rotatable bonds is 3. The van der Waals surface area contributed by atoms with Crippen molar-refractivity contribution < 1.29 is 4.79 Å². The number of fused-ring (bicyclic) bond motifs is 1. The minimum Gasteiger partial charge on any atom is -0.316 e. The van der Waals surface area contributed by atoms with Gasteiger partial charge in [-0.15, -0.1) is 12.4 Å². The smallest absolute Gasteiger partial charge is 0.227 e. The largest absolute Gasteiger partial charge is 0.316 e. The van der Waals surface area contributed by atoms with E-state index in [2.05, 4.69) is 30.4 Å². The van der Waals surface area contributed by atoms with Crippen LogP contribution in [0.5, 0.6) is 0 Å². The molecule has 0 aromatic heterocycles. The summed E-state index contributed by atoms with van der Waals surface area (Å²) in [5.41, 5.74) is 2.44. The fourth-order valence-electron chi connectivity index (χ4n) is 3.51. The van der Waals surface area contributed by atoms with Gasteiger partial charge >= 0.3 is 0 Å². The van der Waals surface area contributed by atoms with Gasteiger partial charge in [0.1, 0.15) is 0 Å². The lowest BCUT2D eigenvalue weighted by Gasteiger charge is -2.29. The first kappa shape index (κ1) is 16.3. The van der Waals surface area contributed by atoms with Crippen molar-refractivity contribution in [3.63, 3.8) is 0 Å². The van der Waals surface area contributed by atoms with Gasteiger partial charge < -0.3 is 10.2 Å². The van der Waals surface area contributed by atoms with E-state index in [-0.39, 0.29) is 12.4 Å². The number of piperidine rings is 1. The first-order chi connectivity index (χ1) is 9.75. The SMILES string of the molecule is CC(CC(=O)N1CCc2ccccc21)C1CCCNC1.Cl. The molecule has 0 aliphatic carbocycles. The Balaban J connectivity index is 0.00000161. The van der Waals surface area contributed by atoms with Crippen molar-refractivity contribution in [1.82, 2.24) is 5.32 Å². The monoisotopic (exact) mass is 308 g/mol. The number of nitrogens with one attached hydrogen (secondary N) is 1. The molecule has 2 atom stereocenters. The van der Waals surface area contributed by atoms with Crippen molar-refractivity contribution in [1.29, 1.82) is 0 Å². The van der Waals surface area contributed by atoms with Gasteiger partial charge in [-0.2, -0.15) is 0 Å². The molecule has 0 bridgehead atoms. The average Bonchev–Trinajstić information content (AvgIpc) is 2.92. The van der Waals surface area contributed by atoms with Gasteiger partial charge in [-0.1, -0.05) is 25.1 Å². The molecule has 2 aliphatic heterocycles. The molecule has 1 fully saturated rings. The molecule has 3 rings (SSSR count). The minimum atomic E-state index is 0. The molecule has 1 aromatic carbocycles. The van der Waals surface area contributed by atoms with Crippen LogP contribution in [0.15, 0.2) is 24.3 Å². The maximum absolute atomic E-state index is 12.6. The zero-order valence-electron chi connectivity index (χ0n) is 12.7. The van der Waals surface area contributed by atoms with Crippen molar-refractivity contribution in [3.8, 4) is 0 Å². The number of amides is 1. The summed E-state index contributed by atoms with van der Waals surface area (Å²) in [5, 5.41) is 3.45. The molecule has 0 saturated carbocycles. The van der Waals surface area contributed by atoms with Gasteiger partial charge in [0.05, 0.1) is 0 Å². The predicted molar refractivity (Wildman–Crippen MR) is 89.1 cm³/mol. The molecule has 1 N–H and O–H groups in total. The number of hydrogen-bond acceptors (Lipinski definition) is 2. The van der Waals surface area contributed by atoms with Crippen molar-refractivity contribution >= 4 is 24.0 Å². The molecular formula is C17H25ClN2O. The third-order valence-corrected chi connectivity index (χ3v) is 4.82. The maximum Gasteiger partial charge on any atom is 0.227 e. The summed E-state index contributed by atoms with van der Waals surface area (Å²) in [5.74, 6) is 1.43. The Morgan fingerprint density at radius 1 is 1.43 bits per heavy atom. The molecule has 2 unspecified atom stereocenters. The second-order valence-corrected chi connectivity index (χ2v) is 6.21. The van der Waals surface area contributed by atoms with Crippen LogP contribution in [0.2, 0.25) is 0 Å². The zero-order valence-corrected chi connectivity index (χ0v) is 13.5. The second-order valence-electron chi connectivity index (χ2n) is 6.21. The number of para-hydroxylation sites is 1. The van der Waals surface area contributed by atoms with Gasteiger partial charge in [0.25, 0.3) is 0 Å². The van der Waals surface area contributed by atoms with Crippen LogP contribution in [0.25, 0.3) is 0 Å². The van der Waals surface area contributed by atoms with E-state index in [1.165, 1.54) is 18.4 Å². The van der Waals surface area contributed by atoms with E-state index in [0.717, 1.165) is 31.7 Å². The van der Waals surface area contributed by atoms with Crippen LogP contribution in [0.3, 0.4) is 0 Å². The summed E-state index contributed by atoms with van der Waals surface area (Å²) in [6.45, 7) is 5.30. The molecule has 1 saturated heterocycles. The minimum absolute atomic E-state index is 0. The molecule has 2 aliphatic rings. The van der Waals surface area contributed by atoms with Gasteiger partial charge in [-0.3, -0.25) is 4.79 Å². The fourth-order valence-corrected chi connectivity index (χ4v) is 3.51. The highest BCUT2D eigenvalue weighted by molar-refractivity contribution is 5.95. The zero-order chi connectivity index (χ0) is 13.9. The van der Waals surface area contributed by atoms with E-state index in [1.807, 2.05) is 11.0 Å². The Hall–Kier alpha value is -1.06. The second kappa shape index (κ2) is 7.28. The maximum atomic E-state index is 12.6. The molecule has 116 valence electrons. The fraction of sp³-hybridized carbons (Fsp3) is 0.588. The molecule has 0 radical (unpaired) electrons. The summed E-state index contributed by atoms with van der Waals surface area (Å²) < 4.78 is 0. The lowest BCUT2D eigenvalue weighted by Crippen LogP contribution is -2.36. The Labute approximate surface area is 133 Å². The average molecular weight is 309 g/mol. The summed E-state index contributed by atoms with van der Waals surface area (Å²) in [7, 11) is 0. The van der Waals surface area contributed by atoms with Crippen molar-refractivity contribution in [2.75, 3.05) is 24.5 Å². The summed E-state index contributed by atoms with van der Waals surface area (Å²) in [6.07, 6.45) is 4.19. The van der Waals surface area contributed by atoms with Crippen molar-refractivity contribution in [3.05, 3.63) is 29.8 Å². The summed E-state index contributed by atoms with van der Waals surface area (Å²) in [6, 6.07) is 8.30. The molecule has 1 amide bonds. The van der Waals surface area contributed by atoms with Crippen LogP contribution in [0.4, 0.5) is 5.69 Å². The summed E-state index contributed by atoms with van der Waals surface area (Å²) >= 11 is 0. The van der Waals surface area contributed by atoms with E-state index in [9.17, 15) is 4.79 Å². The first-order valence-corrected chi connectivity index (χ1v) is 7.84. The van der Waals surface area contributed by atoms with E-state index >= 15 is 0 Å². The van der Waals surface area contributed by atoms with Crippen LogP contribution in [-0.2, 0) is 11.2 Å². The van der Waals surface area contributed by atoms with Crippen LogP contribution >= 0.6 is 12.4 Å². The standard InChI is InChI=1S/C17H24N2O.ClH/c1-13(15-6-4-9-18-12-15)11-17(20)19-10-8-14-5-2-3-7-16(14)19;/h2-3,5,7,13,15,18H,4,6,8-12H2,1H3;1H. The third kappa shape index (κ3) is 3.58. The Bertz CT molecular complexity index is 485. The highest BCUT2D eigenvalue weighted by Crippen LogP contribution is 2.30. The number of halogens is 1. The quantitative estimate of drug-likeness (QED) is 0.931. The molecule has 1 aromatic rings. The van der Waals surface area contributed by atoms with Crippen LogP contribution in [-0.4, -0.2) is 25.5 Å². The molecule has 3 nitrogen and oxygen atoms in total. The van der Waals surface area contributed by atoms with Crippen LogP contribution in [0.1, 0.15) is 31.7 Å². The number of carbonyl (C=O) groups excluding carboxylic acids is 1. The number of anilines is 1. The number of nitrogens with zero attached hydrogens (tertiary/aromatic N) is 1. The predicted octanol–water partition coefficient (Wildman–Crippen LogP) is 3.02. The highest BCUT2D eigenvalue weighted by Gasteiger charge is 2.28. The topological polar surface area (TPSA) is 32.3 Å². The van der Waals surface area contributed by atoms with Gasteiger partial charge in [0.15, 0.2) is 0 Å². The first-order valence-electron chi connectivity index (χ1n) is 7.84. The third-order valence-electron chi connectivity index (χ3n) is 4.82. The number of hydrogen-bond donors (Lipinski definition) is 1. The Kier molecular flexibility index (Phi) is 5.65. The molecule has 0 spiro atoms. The lowest BCUT2D eigenvalue weighted by atomic mass is 9.85. The van der Waals surface area contributed by atoms with Gasteiger partial charge in [0.2, 0.25) is 5.91 Å². The normalized spacial score (nSPS) is 22.3. The Morgan fingerprint density at radius 2 is 2.24 bits per heavy atom. The van der Waals surface area contributed by atoms with E-state index in [4.69, 9.17) is 0 Å². The molecular weight excluding hydrogens is 284 g/mol. The number of carbonyl (C=O) groups is 1. The van der Waals surface area contributed by atoms with Gasteiger partial charge in [-0.05, 0) is 55.8 Å². The van der Waals surface area contributed by atoms with Gasteiger partial charge in [0, 0.05) is 18.7 Å². The van der Waals surface area contributed by atoms with E-state index in [0.29, 0.717) is 24.2 Å². The van der Waals surface area contributed by atoms with E-state index in [1.54, 1.807) is 0 Å². The Morgan fingerprint density at radius 3 is 3.00 bits per heavy atom. The van der Waals surface area contributed by atoms with Crippen LogP contribution in [0, 0.1) is 11.8 Å². The molecule has 4 heteroatoms. The van der Waals surface area contributed by atoms with Gasteiger partial charge in [-0.25, -0.2) is 0 Å². The lowest BCUT2D eigenvalue weighted by molar-refractivity contribution is -0.119. The molecule has 21 heavy (non-hydrogen) atoms. The molecule has 2 heterocycles. The highest BCUT2D eigenvalue weighted by atomic mass is 35.5. The number of benzene rings is 1. The van der Waals surface area contributed by atoms with Crippen molar-refractivity contribution in [2.45, 2.75) is 32.6 Å². The van der Waals surface area contributed by atoms with E-state index < -0.39 is 0 Å².